The van der Waals surface area contributed by atoms with Gasteiger partial charge in [0.15, 0.2) is 11.5 Å². The zero-order valence-electron chi connectivity index (χ0n) is 18.0. The summed E-state index contributed by atoms with van der Waals surface area (Å²) in [6.07, 6.45) is 0. The molecule has 162 valence electrons. The van der Waals surface area contributed by atoms with Gasteiger partial charge in [0, 0.05) is 15.5 Å². The Balaban J connectivity index is 2.02. The van der Waals surface area contributed by atoms with Crippen molar-refractivity contribution in [2.75, 3.05) is 20.0 Å². The molecule has 0 bridgehead atoms. The van der Waals surface area contributed by atoms with Crippen LogP contribution in [0.5, 0.6) is 11.5 Å². The molecule has 4 rings (SSSR count). The van der Waals surface area contributed by atoms with E-state index in [-0.39, 0.29) is 11.1 Å². The molecule has 7 heteroatoms. The summed E-state index contributed by atoms with van der Waals surface area (Å²) in [5.41, 5.74) is 7.10. The fourth-order valence-electron chi connectivity index (χ4n) is 3.53. The second kappa shape index (κ2) is 9.79. The van der Waals surface area contributed by atoms with Crippen LogP contribution in [-0.4, -0.2) is 14.2 Å². The molecule has 4 aromatic rings. The first kappa shape index (κ1) is 22.4. The minimum absolute atomic E-state index is 0.135. The van der Waals surface area contributed by atoms with Gasteiger partial charge in [-0.2, -0.15) is 10.5 Å². The number of methoxy groups -OCH3 is 2. The average molecular weight is 470 g/mol. The van der Waals surface area contributed by atoms with Gasteiger partial charge in [0.05, 0.1) is 24.0 Å². The molecule has 0 atom stereocenters. The van der Waals surface area contributed by atoms with E-state index in [9.17, 15) is 10.5 Å². The molecule has 4 aromatic carbocycles. The zero-order chi connectivity index (χ0) is 23.4. The van der Waals surface area contributed by atoms with Gasteiger partial charge in [-0.1, -0.05) is 72.1 Å². The first-order valence-electron chi connectivity index (χ1n) is 9.93. The van der Waals surface area contributed by atoms with Crippen LogP contribution < -0.4 is 15.2 Å². The molecule has 0 saturated heterocycles. The highest BCUT2D eigenvalue weighted by Crippen LogP contribution is 2.53. The smallest absolute Gasteiger partial charge is 0.153 e. The largest absolute Gasteiger partial charge is 0.494 e. The van der Waals surface area contributed by atoms with E-state index in [4.69, 9.17) is 15.2 Å². The number of nitrogen functional groups attached to an aromatic ring is 1. The molecule has 5 nitrogen and oxygen atoms in total. The van der Waals surface area contributed by atoms with Crippen molar-refractivity contribution in [2.24, 2.45) is 0 Å². The van der Waals surface area contributed by atoms with Gasteiger partial charge in [-0.15, -0.1) is 0 Å². The van der Waals surface area contributed by atoms with Crippen LogP contribution in [0, 0.1) is 22.7 Å². The number of ether oxygens (including phenoxy) is 2. The number of hydrogen-bond acceptors (Lipinski definition) is 7. The first-order chi connectivity index (χ1) is 16.1. The standard InChI is InChI=1S/C26H19N3O2S2/c1-30-23-18(14-27)19(15-28)24(31-2)26(33-22-12-6-5-11-20(22)29)25(23)32-21-13-7-9-16-8-3-4-10-17(16)21/h3-13H,29H2,1-2H3. The summed E-state index contributed by atoms with van der Waals surface area (Å²) in [7, 11) is 3.00. The van der Waals surface area contributed by atoms with Crippen molar-refractivity contribution < 1.29 is 9.47 Å². The van der Waals surface area contributed by atoms with Crippen molar-refractivity contribution in [3.8, 4) is 23.6 Å². The van der Waals surface area contributed by atoms with E-state index in [1.54, 1.807) is 0 Å². The van der Waals surface area contributed by atoms with E-state index in [2.05, 4.69) is 30.3 Å². The fraction of sp³-hybridized carbons (Fsp3) is 0.0769. The van der Waals surface area contributed by atoms with Crippen LogP contribution in [0.1, 0.15) is 11.1 Å². The molecule has 0 aliphatic rings. The Kier molecular flexibility index (Phi) is 6.65. The normalized spacial score (nSPS) is 10.4. The maximum absolute atomic E-state index is 9.90. The lowest BCUT2D eigenvalue weighted by Crippen LogP contribution is -2.02. The molecule has 0 aliphatic carbocycles. The van der Waals surface area contributed by atoms with Crippen LogP contribution >= 0.6 is 23.5 Å². The van der Waals surface area contributed by atoms with Gasteiger partial charge in [-0.3, -0.25) is 0 Å². The third-order valence-corrected chi connectivity index (χ3v) is 7.53. The first-order valence-corrected chi connectivity index (χ1v) is 11.6. The molecule has 0 heterocycles. The number of para-hydroxylation sites is 1. The second-order valence-electron chi connectivity index (χ2n) is 6.92. The van der Waals surface area contributed by atoms with E-state index in [1.165, 1.54) is 37.7 Å². The number of rotatable bonds is 6. The molecule has 2 N–H and O–H groups in total. The van der Waals surface area contributed by atoms with Crippen molar-refractivity contribution in [2.45, 2.75) is 19.6 Å². The number of hydrogen-bond donors (Lipinski definition) is 1. The highest BCUT2D eigenvalue weighted by molar-refractivity contribution is 8.02. The quantitative estimate of drug-likeness (QED) is 0.323. The molecule has 0 spiro atoms. The predicted molar refractivity (Wildman–Crippen MR) is 132 cm³/mol. The molecule has 0 aliphatic heterocycles. The average Bonchev–Trinajstić information content (AvgIpc) is 2.85. The van der Waals surface area contributed by atoms with Crippen molar-refractivity contribution in [1.82, 2.24) is 0 Å². The van der Waals surface area contributed by atoms with Gasteiger partial charge >= 0.3 is 0 Å². The Labute approximate surface area is 200 Å². The minimum Gasteiger partial charge on any atom is -0.494 e. The summed E-state index contributed by atoms with van der Waals surface area (Å²) in [5, 5.41) is 21.9. The van der Waals surface area contributed by atoms with E-state index >= 15 is 0 Å². The second-order valence-corrected chi connectivity index (χ2v) is 9.02. The lowest BCUT2D eigenvalue weighted by atomic mass is 10.1. The Morgan fingerprint density at radius 2 is 1.21 bits per heavy atom. The van der Waals surface area contributed by atoms with Crippen molar-refractivity contribution >= 4 is 40.0 Å². The van der Waals surface area contributed by atoms with Crippen LogP contribution in [-0.2, 0) is 0 Å². The van der Waals surface area contributed by atoms with Gasteiger partial charge in [0.2, 0.25) is 0 Å². The van der Waals surface area contributed by atoms with Gasteiger partial charge in [-0.05, 0) is 29.0 Å². The van der Waals surface area contributed by atoms with E-state index in [0.29, 0.717) is 27.0 Å². The van der Waals surface area contributed by atoms with Crippen molar-refractivity contribution in [1.29, 1.82) is 10.5 Å². The zero-order valence-corrected chi connectivity index (χ0v) is 19.6. The lowest BCUT2D eigenvalue weighted by Gasteiger charge is -2.20. The minimum atomic E-state index is 0.135. The molecule has 0 aromatic heterocycles. The van der Waals surface area contributed by atoms with E-state index in [0.717, 1.165) is 20.6 Å². The summed E-state index contributed by atoms with van der Waals surface area (Å²) in [5.74, 6) is 0.663. The number of nitriles is 2. The van der Waals surface area contributed by atoms with Crippen LogP contribution in [0.15, 0.2) is 86.3 Å². The summed E-state index contributed by atoms with van der Waals surface area (Å²) in [6.45, 7) is 0. The summed E-state index contributed by atoms with van der Waals surface area (Å²) in [6, 6.07) is 25.9. The van der Waals surface area contributed by atoms with Gasteiger partial charge in [0.1, 0.15) is 23.3 Å². The Morgan fingerprint density at radius 1 is 0.697 bits per heavy atom. The number of nitrogens with two attached hydrogens (primary N) is 1. The molecular formula is C26H19N3O2S2. The molecule has 0 fully saturated rings. The predicted octanol–water partition coefficient (Wildman–Crippen LogP) is 6.48. The fourth-order valence-corrected chi connectivity index (χ4v) is 5.92. The van der Waals surface area contributed by atoms with Gasteiger partial charge in [-0.25, -0.2) is 0 Å². The summed E-state index contributed by atoms with van der Waals surface area (Å²) in [4.78, 5) is 3.16. The van der Waals surface area contributed by atoms with Crippen LogP contribution in [0.3, 0.4) is 0 Å². The third kappa shape index (κ3) is 4.17. The molecule has 0 unspecified atom stereocenters. The maximum atomic E-state index is 9.90. The molecule has 0 radical (unpaired) electrons. The maximum Gasteiger partial charge on any atom is 0.153 e. The molecule has 0 saturated carbocycles. The topological polar surface area (TPSA) is 92.1 Å². The Hall–Kier alpha value is -3.78. The monoisotopic (exact) mass is 469 g/mol. The van der Waals surface area contributed by atoms with E-state index < -0.39 is 0 Å². The van der Waals surface area contributed by atoms with Crippen LogP contribution in [0.2, 0.25) is 0 Å². The highest BCUT2D eigenvalue weighted by Gasteiger charge is 2.28. The Bertz CT molecular complexity index is 1430. The summed E-state index contributed by atoms with van der Waals surface area (Å²) < 4.78 is 11.4. The molecular weight excluding hydrogens is 450 g/mol. The van der Waals surface area contributed by atoms with Gasteiger partial charge in [0.25, 0.3) is 0 Å². The number of anilines is 1. The molecule has 33 heavy (non-hydrogen) atoms. The number of fused-ring (bicyclic) bond motifs is 1. The summed E-state index contributed by atoms with van der Waals surface area (Å²) >= 11 is 2.85. The van der Waals surface area contributed by atoms with Crippen molar-refractivity contribution in [3.63, 3.8) is 0 Å². The number of nitrogens with zero attached hydrogens (tertiary/aromatic N) is 2. The highest BCUT2D eigenvalue weighted by atomic mass is 32.2. The van der Waals surface area contributed by atoms with Crippen LogP contribution in [0.25, 0.3) is 10.8 Å². The Morgan fingerprint density at radius 3 is 1.82 bits per heavy atom. The van der Waals surface area contributed by atoms with Gasteiger partial charge < -0.3 is 15.2 Å². The lowest BCUT2D eigenvalue weighted by molar-refractivity contribution is 0.382. The third-order valence-electron chi connectivity index (χ3n) is 5.05. The number of benzene rings is 4. The molecule has 0 amide bonds. The van der Waals surface area contributed by atoms with Crippen molar-refractivity contribution in [3.05, 3.63) is 77.9 Å². The van der Waals surface area contributed by atoms with Crippen LogP contribution in [0.4, 0.5) is 5.69 Å². The SMILES string of the molecule is COc1c(C#N)c(C#N)c(OC)c(Sc2cccc3ccccc23)c1Sc1ccccc1N. The van der Waals surface area contributed by atoms with E-state index in [1.807, 2.05) is 48.5 Å².